The van der Waals surface area contributed by atoms with E-state index in [2.05, 4.69) is 15.9 Å². The van der Waals surface area contributed by atoms with Crippen molar-refractivity contribution in [3.05, 3.63) is 34.3 Å². The Hall–Kier alpha value is -1.16. The maximum absolute atomic E-state index is 11.7. The van der Waals surface area contributed by atoms with Gasteiger partial charge in [-0.15, -0.1) is 0 Å². The molecule has 0 amide bonds. The van der Waals surface area contributed by atoms with Crippen LogP contribution in [0.2, 0.25) is 0 Å². The van der Waals surface area contributed by atoms with Gasteiger partial charge in [0.1, 0.15) is 0 Å². The van der Waals surface area contributed by atoms with Crippen molar-refractivity contribution in [1.82, 2.24) is 0 Å². The van der Waals surface area contributed by atoms with Crippen LogP contribution in [0.3, 0.4) is 0 Å². The molecule has 0 fully saturated rings. The van der Waals surface area contributed by atoms with Gasteiger partial charge in [-0.1, -0.05) is 41.9 Å². The van der Waals surface area contributed by atoms with E-state index in [1.807, 2.05) is 38.1 Å². The summed E-state index contributed by atoms with van der Waals surface area (Å²) in [5, 5.41) is 0. The fourth-order valence-electron chi connectivity index (χ4n) is 1.69. The lowest BCUT2D eigenvalue weighted by Crippen LogP contribution is -2.27. The van der Waals surface area contributed by atoms with Crippen molar-refractivity contribution in [2.45, 2.75) is 32.6 Å². The summed E-state index contributed by atoms with van der Waals surface area (Å²) in [5.74, 6) is -1.23. The largest absolute Gasteiger partial charge is 0.460 e. The number of carbonyl (C=O) groups excluding carboxylic acids is 2. The summed E-state index contributed by atoms with van der Waals surface area (Å²) in [7, 11) is 0. The minimum atomic E-state index is -0.748. The maximum atomic E-state index is 11.7. The molecule has 1 rings (SSSR count). The van der Waals surface area contributed by atoms with Gasteiger partial charge in [-0.05, 0) is 30.0 Å². The van der Waals surface area contributed by atoms with E-state index in [4.69, 9.17) is 4.74 Å². The second-order valence-electron chi connectivity index (χ2n) is 4.71. The Morgan fingerprint density at radius 3 is 2.28 bits per heavy atom. The Labute approximate surface area is 116 Å². The molecular formula is C14H17BrO3. The van der Waals surface area contributed by atoms with E-state index < -0.39 is 11.8 Å². The van der Waals surface area contributed by atoms with Gasteiger partial charge in [0.15, 0.2) is 0 Å². The van der Waals surface area contributed by atoms with Gasteiger partial charge in [0.2, 0.25) is 5.78 Å². The highest BCUT2D eigenvalue weighted by molar-refractivity contribution is 9.10. The van der Waals surface area contributed by atoms with Crippen molar-refractivity contribution < 1.29 is 14.3 Å². The summed E-state index contributed by atoms with van der Waals surface area (Å²) in [5.41, 5.74) is 0.633. The standard InChI is InChI=1S/C14H17BrO3/c1-4-18-13(17)12(16)9-14(2,3)10-5-7-11(15)8-6-10/h5-8H,4,9H2,1-3H3. The molecule has 1 aromatic rings. The van der Waals surface area contributed by atoms with Gasteiger partial charge in [-0.3, -0.25) is 4.79 Å². The molecule has 3 nitrogen and oxygen atoms in total. The number of hydrogen-bond donors (Lipinski definition) is 0. The number of ether oxygens (including phenoxy) is 1. The summed E-state index contributed by atoms with van der Waals surface area (Å²) in [4.78, 5) is 23.0. The molecule has 0 aliphatic rings. The number of esters is 1. The summed E-state index contributed by atoms with van der Waals surface area (Å²) in [6, 6.07) is 7.74. The van der Waals surface area contributed by atoms with E-state index in [1.165, 1.54) is 0 Å². The first-order valence-corrected chi connectivity index (χ1v) is 6.62. The van der Waals surface area contributed by atoms with E-state index >= 15 is 0 Å². The molecule has 0 heterocycles. The number of rotatable bonds is 5. The van der Waals surface area contributed by atoms with E-state index in [0.29, 0.717) is 0 Å². The monoisotopic (exact) mass is 312 g/mol. The van der Waals surface area contributed by atoms with Crippen LogP contribution in [0.25, 0.3) is 0 Å². The molecule has 0 aromatic heterocycles. The quantitative estimate of drug-likeness (QED) is 0.619. The normalized spacial score (nSPS) is 11.1. The minimum absolute atomic E-state index is 0.146. The number of hydrogen-bond acceptors (Lipinski definition) is 3. The van der Waals surface area contributed by atoms with Gasteiger partial charge >= 0.3 is 5.97 Å². The van der Waals surface area contributed by atoms with Crippen LogP contribution in [0.4, 0.5) is 0 Å². The van der Waals surface area contributed by atoms with Crippen molar-refractivity contribution >= 4 is 27.7 Å². The van der Waals surface area contributed by atoms with E-state index in [-0.39, 0.29) is 18.4 Å². The third-order valence-electron chi connectivity index (χ3n) is 2.73. The lowest BCUT2D eigenvalue weighted by atomic mass is 9.80. The van der Waals surface area contributed by atoms with Crippen LogP contribution in [0.5, 0.6) is 0 Å². The minimum Gasteiger partial charge on any atom is -0.460 e. The molecule has 18 heavy (non-hydrogen) atoms. The van der Waals surface area contributed by atoms with Crippen molar-refractivity contribution in [1.29, 1.82) is 0 Å². The molecule has 0 saturated heterocycles. The van der Waals surface area contributed by atoms with E-state index in [0.717, 1.165) is 10.0 Å². The summed E-state index contributed by atoms with van der Waals surface area (Å²) < 4.78 is 5.69. The Kier molecular flexibility index (Phi) is 5.08. The van der Waals surface area contributed by atoms with Crippen LogP contribution in [-0.4, -0.2) is 18.4 Å². The Morgan fingerprint density at radius 2 is 1.78 bits per heavy atom. The third kappa shape index (κ3) is 3.95. The van der Waals surface area contributed by atoms with Gasteiger partial charge in [-0.2, -0.15) is 0 Å². The Morgan fingerprint density at radius 1 is 1.22 bits per heavy atom. The third-order valence-corrected chi connectivity index (χ3v) is 3.26. The fraction of sp³-hybridized carbons (Fsp3) is 0.429. The first-order chi connectivity index (χ1) is 8.36. The smallest absolute Gasteiger partial charge is 0.374 e. The highest BCUT2D eigenvalue weighted by Crippen LogP contribution is 2.28. The molecule has 98 valence electrons. The Bertz CT molecular complexity index is 435. The predicted molar refractivity (Wildman–Crippen MR) is 73.4 cm³/mol. The van der Waals surface area contributed by atoms with Crippen molar-refractivity contribution in [2.75, 3.05) is 6.61 Å². The van der Waals surface area contributed by atoms with Crippen LogP contribution in [0, 0.1) is 0 Å². The van der Waals surface area contributed by atoms with Crippen LogP contribution >= 0.6 is 15.9 Å². The lowest BCUT2D eigenvalue weighted by molar-refractivity contribution is -0.154. The molecule has 0 bridgehead atoms. The molecule has 0 saturated carbocycles. The first-order valence-electron chi connectivity index (χ1n) is 5.83. The van der Waals surface area contributed by atoms with Crippen LogP contribution in [-0.2, 0) is 19.7 Å². The average Bonchev–Trinajstić information content (AvgIpc) is 2.29. The van der Waals surface area contributed by atoms with Gasteiger partial charge in [-0.25, -0.2) is 4.79 Å². The molecule has 0 radical (unpaired) electrons. The van der Waals surface area contributed by atoms with Gasteiger partial charge in [0.05, 0.1) is 6.61 Å². The SMILES string of the molecule is CCOC(=O)C(=O)CC(C)(C)c1ccc(Br)cc1. The van der Waals surface area contributed by atoms with E-state index in [1.54, 1.807) is 6.92 Å². The molecule has 0 atom stereocenters. The van der Waals surface area contributed by atoms with Crippen LogP contribution in [0.1, 0.15) is 32.8 Å². The van der Waals surface area contributed by atoms with Gasteiger partial charge in [0, 0.05) is 10.9 Å². The molecule has 0 N–H and O–H groups in total. The number of benzene rings is 1. The molecule has 0 aliphatic heterocycles. The topological polar surface area (TPSA) is 43.4 Å². The molecule has 0 spiro atoms. The zero-order chi connectivity index (χ0) is 13.8. The summed E-state index contributed by atoms with van der Waals surface area (Å²) in [6.07, 6.45) is 0.146. The fourth-order valence-corrected chi connectivity index (χ4v) is 1.95. The molecule has 0 unspecified atom stereocenters. The predicted octanol–water partition coefficient (Wildman–Crippen LogP) is 3.25. The van der Waals surface area contributed by atoms with Crippen LogP contribution in [0.15, 0.2) is 28.7 Å². The maximum Gasteiger partial charge on any atom is 0.374 e. The highest BCUT2D eigenvalue weighted by atomic mass is 79.9. The lowest BCUT2D eigenvalue weighted by Gasteiger charge is -2.24. The molecule has 1 aromatic carbocycles. The zero-order valence-electron chi connectivity index (χ0n) is 10.8. The molecule has 0 aliphatic carbocycles. The average molecular weight is 313 g/mol. The van der Waals surface area contributed by atoms with Crippen molar-refractivity contribution in [2.24, 2.45) is 0 Å². The zero-order valence-corrected chi connectivity index (χ0v) is 12.4. The van der Waals surface area contributed by atoms with Gasteiger partial charge in [0.25, 0.3) is 0 Å². The summed E-state index contributed by atoms with van der Waals surface area (Å²) in [6.45, 7) is 5.79. The Balaban J connectivity index is 2.78. The molecule has 4 heteroatoms. The second kappa shape index (κ2) is 6.14. The molecular weight excluding hydrogens is 296 g/mol. The first kappa shape index (κ1) is 14.9. The number of Topliss-reactive ketones (excluding diaryl/α,β-unsaturated/α-hetero) is 1. The van der Waals surface area contributed by atoms with Gasteiger partial charge < -0.3 is 4.74 Å². The van der Waals surface area contributed by atoms with E-state index in [9.17, 15) is 9.59 Å². The van der Waals surface area contributed by atoms with Crippen molar-refractivity contribution in [3.63, 3.8) is 0 Å². The number of ketones is 1. The second-order valence-corrected chi connectivity index (χ2v) is 5.63. The van der Waals surface area contributed by atoms with Crippen LogP contribution < -0.4 is 0 Å². The number of halogens is 1. The van der Waals surface area contributed by atoms with Crippen molar-refractivity contribution in [3.8, 4) is 0 Å². The number of carbonyl (C=O) groups is 2. The summed E-state index contributed by atoms with van der Waals surface area (Å²) >= 11 is 3.37. The highest BCUT2D eigenvalue weighted by Gasteiger charge is 2.28.